The van der Waals surface area contributed by atoms with Crippen LogP contribution in [0.3, 0.4) is 0 Å². The Kier molecular flexibility index (Phi) is 4.88. The number of nitrogens with zero attached hydrogens (tertiary/aromatic N) is 1. The van der Waals surface area contributed by atoms with Crippen LogP contribution in [0.4, 0.5) is 5.69 Å². The van der Waals surface area contributed by atoms with Gasteiger partial charge in [-0.2, -0.15) is 0 Å². The maximum absolute atomic E-state index is 5.77. The summed E-state index contributed by atoms with van der Waals surface area (Å²) in [7, 11) is 0. The fourth-order valence-electron chi connectivity index (χ4n) is 1.04. The Morgan fingerprint density at radius 3 is 2.93 bits per heavy atom. The van der Waals surface area contributed by atoms with Gasteiger partial charge in [-0.3, -0.25) is 0 Å². The van der Waals surface area contributed by atoms with E-state index in [2.05, 4.69) is 50.4 Å². The molecule has 4 heteroatoms. The minimum absolute atomic E-state index is 0.698. The van der Waals surface area contributed by atoms with Crippen LogP contribution in [0.15, 0.2) is 27.7 Å². The van der Waals surface area contributed by atoms with Gasteiger partial charge in [0.25, 0.3) is 0 Å². The standard InChI is InChI=1S/C10H12BrIN2/c1-2-3-10(13)14-9-6-7(11)4-5-8(9)12/h4-6H,2-3H2,1H3,(H2,13,14). The molecule has 76 valence electrons. The number of aliphatic imine (C=N–C) groups is 1. The zero-order valence-electron chi connectivity index (χ0n) is 7.93. The fraction of sp³-hybridized carbons (Fsp3) is 0.300. The highest BCUT2D eigenvalue weighted by Gasteiger charge is 1.99. The van der Waals surface area contributed by atoms with Crippen molar-refractivity contribution >= 4 is 50.0 Å². The van der Waals surface area contributed by atoms with Crippen LogP contribution < -0.4 is 5.73 Å². The lowest BCUT2D eigenvalue weighted by Gasteiger charge is -2.01. The van der Waals surface area contributed by atoms with Crippen LogP contribution in [0.25, 0.3) is 0 Å². The van der Waals surface area contributed by atoms with Gasteiger partial charge in [0.1, 0.15) is 0 Å². The van der Waals surface area contributed by atoms with Crippen LogP contribution in [0, 0.1) is 3.57 Å². The van der Waals surface area contributed by atoms with Gasteiger partial charge in [0.05, 0.1) is 11.5 Å². The second-order valence-electron chi connectivity index (χ2n) is 2.95. The maximum atomic E-state index is 5.77. The molecular formula is C10H12BrIN2. The third-order valence-electron chi connectivity index (χ3n) is 1.68. The Morgan fingerprint density at radius 2 is 2.29 bits per heavy atom. The van der Waals surface area contributed by atoms with Crippen molar-refractivity contribution in [2.45, 2.75) is 19.8 Å². The van der Waals surface area contributed by atoms with Crippen molar-refractivity contribution in [1.82, 2.24) is 0 Å². The summed E-state index contributed by atoms with van der Waals surface area (Å²) in [5.41, 5.74) is 6.70. The molecule has 0 bridgehead atoms. The van der Waals surface area contributed by atoms with E-state index >= 15 is 0 Å². The van der Waals surface area contributed by atoms with Gasteiger partial charge in [0, 0.05) is 14.5 Å². The van der Waals surface area contributed by atoms with Crippen LogP contribution in [0.2, 0.25) is 0 Å². The van der Waals surface area contributed by atoms with E-state index < -0.39 is 0 Å². The molecule has 0 aromatic heterocycles. The number of hydrogen-bond donors (Lipinski definition) is 1. The number of halogens is 2. The van der Waals surface area contributed by atoms with E-state index in [9.17, 15) is 0 Å². The highest BCUT2D eigenvalue weighted by atomic mass is 127. The normalized spacial score (nSPS) is 11.8. The lowest BCUT2D eigenvalue weighted by Crippen LogP contribution is -2.10. The van der Waals surface area contributed by atoms with Crippen molar-refractivity contribution < 1.29 is 0 Å². The lowest BCUT2D eigenvalue weighted by atomic mass is 10.3. The number of rotatable bonds is 3. The predicted octanol–water partition coefficient (Wildman–Crippen LogP) is 3.84. The first-order valence-electron chi connectivity index (χ1n) is 4.41. The quantitative estimate of drug-likeness (QED) is 0.492. The van der Waals surface area contributed by atoms with Crippen LogP contribution >= 0.6 is 38.5 Å². The van der Waals surface area contributed by atoms with Crippen molar-refractivity contribution in [2.24, 2.45) is 10.7 Å². The Balaban J connectivity index is 2.95. The smallest absolute Gasteiger partial charge is 0.0996 e. The van der Waals surface area contributed by atoms with Crippen LogP contribution in [-0.2, 0) is 0 Å². The third kappa shape index (κ3) is 3.57. The molecular weight excluding hydrogens is 355 g/mol. The summed E-state index contributed by atoms with van der Waals surface area (Å²) >= 11 is 5.67. The molecule has 0 amide bonds. The predicted molar refractivity (Wildman–Crippen MR) is 73.0 cm³/mol. The van der Waals surface area contributed by atoms with Gasteiger partial charge in [-0.25, -0.2) is 4.99 Å². The van der Waals surface area contributed by atoms with Crippen molar-refractivity contribution in [3.05, 3.63) is 26.2 Å². The zero-order chi connectivity index (χ0) is 10.6. The maximum Gasteiger partial charge on any atom is 0.0996 e. The topological polar surface area (TPSA) is 38.4 Å². The van der Waals surface area contributed by atoms with Gasteiger partial charge >= 0.3 is 0 Å². The number of benzene rings is 1. The average Bonchev–Trinajstić information content (AvgIpc) is 2.12. The first-order valence-corrected chi connectivity index (χ1v) is 6.28. The molecule has 0 aliphatic rings. The Hall–Kier alpha value is -0.100. The molecule has 0 spiro atoms. The van der Waals surface area contributed by atoms with Gasteiger partial charge in [-0.15, -0.1) is 0 Å². The molecule has 0 saturated heterocycles. The highest BCUT2D eigenvalue weighted by molar-refractivity contribution is 14.1. The molecule has 0 heterocycles. The first-order chi connectivity index (χ1) is 6.63. The summed E-state index contributed by atoms with van der Waals surface area (Å²) in [4.78, 5) is 4.37. The second kappa shape index (κ2) is 5.70. The molecule has 1 aromatic carbocycles. The first kappa shape index (κ1) is 12.0. The van der Waals surface area contributed by atoms with E-state index in [1.165, 1.54) is 0 Å². The molecule has 0 aliphatic heterocycles. The van der Waals surface area contributed by atoms with Gasteiger partial charge in [-0.05, 0) is 47.2 Å². The van der Waals surface area contributed by atoms with Crippen LogP contribution in [0.5, 0.6) is 0 Å². The molecule has 0 saturated carbocycles. The Labute approximate surface area is 106 Å². The molecule has 0 aliphatic carbocycles. The molecule has 2 nitrogen and oxygen atoms in total. The van der Waals surface area contributed by atoms with E-state index in [0.29, 0.717) is 5.84 Å². The minimum Gasteiger partial charge on any atom is -0.387 e. The second-order valence-corrected chi connectivity index (χ2v) is 5.03. The SMILES string of the molecule is CCCC(N)=Nc1cc(Br)ccc1I. The van der Waals surface area contributed by atoms with E-state index in [4.69, 9.17) is 5.73 Å². The number of hydrogen-bond acceptors (Lipinski definition) is 1. The summed E-state index contributed by atoms with van der Waals surface area (Å²) in [6, 6.07) is 5.99. The molecule has 0 radical (unpaired) electrons. The lowest BCUT2D eigenvalue weighted by molar-refractivity contribution is 0.983. The third-order valence-corrected chi connectivity index (χ3v) is 3.08. The zero-order valence-corrected chi connectivity index (χ0v) is 11.7. The van der Waals surface area contributed by atoms with Gasteiger partial charge in [-0.1, -0.05) is 22.9 Å². The fourth-order valence-corrected chi connectivity index (χ4v) is 1.84. The summed E-state index contributed by atoms with van der Waals surface area (Å²) in [5, 5.41) is 0. The molecule has 1 aromatic rings. The largest absolute Gasteiger partial charge is 0.387 e. The van der Waals surface area contributed by atoms with Crippen molar-refractivity contribution in [3.8, 4) is 0 Å². The minimum atomic E-state index is 0.698. The summed E-state index contributed by atoms with van der Waals surface area (Å²) in [6.07, 6.45) is 1.88. The van der Waals surface area contributed by atoms with Crippen molar-refractivity contribution in [3.63, 3.8) is 0 Å². The van der Waals surface area contributed by atoms with Crippen LogP contribution in [0.1, 0.15) is 19.8 Å². The number of amidine groups is 1. The van der Waals surface area contributed by atoms with E-state index in [-0.39, 0.29) is 0 Å². The molecule has 1 rings (SSSR count). The molecule has 2 N–H and O–H groups in total. The molecule has 0 atom stereocenters. The average molecular weight is 367 g/mol. The summed E-state index contributed by atoms with van der Waals surface area (Å²) in [5.74, 6) is 0.698. The monoisotopic (exact) mass is 366 g/mol. The summed E-state index contributed by atoms with van der Waals surface area (Å²) < 4.78 is 2.14. The van der Waals surface area contributed by atoms with Crippen molar-refractivity contribution in [2.75, 3.05) is 0 Å². The van der Waals surface area contributed by atoms with Gasteiger partial charge < -0.3 is 5.73 Å². The highest BCUT2D eigenvalue weighted by Crippen LogP contribution is 2.25. The molecule has 0 unspecified atom stereocenters. The van der Waals surface area contributed by atoms with Gasteiger partial charge in [0.15, 0.2) is 0 Å². The summed E-state index contributed by atoms with van der Waals surface area (Å²) in [6.45, 7) is 2.09. The van der Waals surface area contributed by atoms with E-state index in [1.807, 2.05) is 18.2 Å². The van der Waals surface area contributed by atoms with Crippen molar-refractivity contribution in [1.29, 1.82) is 0 Å². The van der Waals surface area contributed by atoms with Gasteiger partial charge in [0.2, 0.25) is 0 Å². The number of nitrogens with two attached hydrogens (primary N) is 1. The Morgan fingerprint density at radius 1 is 1.57 bits per heavy atom. The Bertz CT molecular complexity index is 350. The van der Waals surface area contributed by atoms with E-state index in [0.717, 1.165) is 26.6 Å². The molecule has 14 heavy (non-hydrogen) atoms. The molecule has 0 fully saturated rings. The van der Waals surface area contributed by atoms with Crippen LogP contribution in [-0.4, -0.2) is 5.84 Å². The van der Waals surface area contributed by atoms with E-state index in [1.54, 1.807) is 0 Å².